The summed E-state index contributed by atoms with van der Waals surface area (Å²) in [5.74, 6) is 0.993. The minimum atomic E-state index is -0.203. The fourth-order valence-corrected chi connectivity index (χ4v) is 7.52. The number of carbonyl (C=O) groups excluding carboxylic acids is 1. The topological polar surface area (TPSA) is 57.5 Å². The average molecular weight is 452 g/mol. The first-order valence-electron chi connectivity index (χ1n) is 12.5. The Bertz CT molecular complexity index is 1060. The van der Waals surface area contributed by atoms with Crippen LogP contribution in [0.25, 0.3) is 16.8 Å². The first kappa shape index (κ1) is 20.5. The van der Waals surface area contributed by atoms with Crippen molar-refractivity contribution in [3.05, 3.63) is 35.7 Å². The number of aliphatic hydroxyl groups excluding tert-OH is 1. The summed E-state index contributed by atoms with van der Waals surface area (Å²) in [5, 5.41) is 16.5. The number of hydrogen-bond acceptors (Lipinski definition) is 4. The molecular formula is C26H33N3O2S. The molecule has 6 heteroatoms. The molecule has 170 valence electrons. The van der Waals surface area contributed by atoms with Gasteiger partial charge in [-0.15, -0.1) is 11.8 Å². The van der Waals surface area contributed by atoms with E-state index in [0.29, 0.717) is 17.7 Å². The van der Waals surface area contributed by atoms with Crippen molar-refractivity contribution in [3.63, 3.8) is 0 Å². The normalized spacial score (nSPS) is 25.2. The van der Waals surface area contributed by atoms with E-state index < -0.39 is 0 Å². The van der Waals surface area contributed by atoms with E-state index in [0.717, 1.165) is 48.0 Å². The second kappa shape index (κ2) is 8.36. The lowest BCUT2D eigenvalue weighted by Gasteiger charge is -2.39. The monoisotopic (exact) mass is 451 g/mol. The van der Waals surface area contributed by atoms with Gasteiger partial charge in [-0.25, -0.2) is 0 Å². The number of fused-ring (bicyclic) bond motifs is 3. The molecule has 0 radical (unpaired) electrons. The number of nitrogens with one attached hydrogen (secondary N) is 1. The van der Waals surface area contributed by atoms with Crippen LogP contribution >= 0.6 is 11.8 Å². The smallest absolute Gasteiger partial charge is 0.234 e. The molecule has 2 aliphatic carbocycles. The van der Waals surface area contributed by atoms with Gasteiger partial charge in [-0.1, -0.05) is 63.1 Å². The SMILES string of the molecule is O=C1CSc2c3n(c4ccccc24)C(O)=C(NC2CCCCCC2)C3N1C1CCCCC1. The summed E-state index contributed by atoms with van der Waals surface area (Å²) in [7, 11) is 0. The number of para-hydroxylation sites is 1. The van der Waals surface area contributed by atoms with Gasteiger partial charge in [0.2, 0.25) is 11.8 Å². The number of carbonyl (C=O) groups is 1. The number of rotatable bonds is 3. The zero-order valence-corrected chi connectivity index (χ0v) is 19.5. The molecule has 1 amide bonds. The third-order valence-electron chi connectivity index (χ3n) is 7.94. The number of amides is 1. The van der Waals surface area contributed by atoms with Gasteiger partial charge in [0.15, 0.2) is 0 Å². The van der Waals surface area contributed by atoms with E-state index in [1.807, 2.05) is 10.6 Å². The molecule has 1 unspecified atom stereocenters. The predicted molar refractivity (Wildman–Crippen MR) is 130 cm³/mol. The summed E-state index contributed by atoms with van der Waals surface area (Å²) in [6.45, 7) is 0. The Labute approximate surface area is 194 Å². The first-order chi connectivity index (χ1) is 15.7. The highest BCUT2D eigenvalue weighted by Gasteiger charge is 2.46. The zero-order chi connectivity index (χ0) is 21.7. The third-order valence-corrected chi connectivity index (χ3v) is 9.05. The fraction of sp³-hybridized carbons (Fsp3) is 0.577. The number of aliphatic hydroxyl groups is 1. The van der Waals surface area contributed by atoms with E-state index in [1.165, 1.54) is 49.8 Å². The molecule has 32 heavy (non-hydrogen) atoms. The summed E-state index contributed by atoms with van der Waals surface area (Å²) in [4.78, 5) is 16.9. The van der Waals surface area contributed by atoms with Gasteiger partial charge < -0.3 is 15.3 Å². The van der Waals surface area contributed by atoms with Crippen molar-refractivity contribution in [2.24, 2.45) is 0 Å². The molecule has 5 nitrogen and oxygen atoms in total. The van der Waals surface area contributed by atoms with Crippen LogP contribution in [-0.4, -0.2) is 38.3 Å². The van der Waals surface area contributed by atoms with Crippen molar-refractivity contribution in [2.75, 3.05) is 5.75 Å². The second-order valence-corrected chi connectivity index (χ2v) is 10.9. The maximum absolute atomic E-state index is 13.6. The highest BCUT2D eigenvalue weighted by atomic mass is 32.2. The Balaban J connectivity index is 1.50. The number of hydrogen-bond donors (Lipinski definition) is 2. The molecule has 2 aliphatic heterocycles. The molecule has 4 aliphatic rings. The molecule has 6 rings (SSSR count). The van der Waals surface area contributed by atoms with Crippen LogP contribution in [0.2, 0.25) is 0 Å². The summed E-state index contributed by atoms with van der Waals surface area (Å²) in [5.41, 5.74) is 3.00. The Hall–Kier alpha value is -2.08. The lowest BCUT2D eigenvalue weighted by atomic mass is 9.92. The van der Waals surface area contributed by atoms with Gasteiger partial charge in [0.05, 0.1) is 17.0 Å². The van der Waals surface area contributed by atoms with E-state index in [1.54, 1.807) is 11.8 Å². The standard InChI is InChI=1S/C26H33N3O2S/c30-21-16-32-25-19-14-8-9-15-20(19)29-24(25)23(28(21)18-12-6-3-7-13-18)22(26(29)31)27-17-10-4-1-2-5-11-17/h8-9,14-15,17-18,23,27,31H,1-7,10-13,16H2. The quantitative estimate of drug-likeness (QED) is 0.566. The molecule has 2 aromatic rings. The molecule has 1 aromatic carbocycles. The molecular weight excluding hydrogens is 418 g/mol. The maximum Gasteiger partial charge on any atom is 0.234 e. The van der Waals surface area contributed by atoms with Gasteiger partial charge in [-0.3, -0.25) is 9.36 Å². The summed E-state index contributed by atoms with van der Waals surface area (Å²) < 4.78 is 2.04. The molecule has 2 saturated carbocycles. The van der Waals surface area contributed by atoms with Crippen LogP contribution in [-0.2, 0) is 4.79 Å². The summed E-state index contributed by atoms with van der Waals surface area (Å²) in [6.07, 6.45) is 13.1. The van der Waals surface area contributed by atoms with Crippen LogP contribution in [0.5, 0.6) is 0 Å². The minimum Gasteiger partial charge on any atom is -0.493 e. The Kier molecular flexibility index (Phi) is 5.36. The van der Waals surface area contributed by atoms with Gasteiger partial charge in [-0.2, -0.15) is 0 Å². The molecule has 1 aromatic heterocycles. The van der Waals surface area contributed by atoms with Crippen LogP contribution in [0.15, 0.2) is 34.9 Å². The van der Waals surface area contributed by atoms with Crippen LogP contribution in [0, 0.1) is 0 Å². The average Bonchev–Trinajstić information content (AvgIpc) is 3.05. The Morgan fingerprint density at radius 1 is 0.938 bits per heavy atom. The van der Waals surface area contributed by atoms with Crippen molar-refractivity contribution >= 4 is 34.5 Å². The number of aromatic nitrogens is 1. The third kappa shape index (κ3) is 3.25. The van der Waals surface area contributed by atoms with E-state index in [2.05, 4.69) is 28.4 Å². The van der Waals surface area contributed by atoms with Crippen molar-refractivity contribution in [1.29, 1.82) is 0 Å². The van der Waals surface area contributed by atoms with Crippen LogP contribution in [0.1, 0.15) is 82.4 Å². The van der Waals surface area contributed by atoms with Crippen molar-refractivity contribution in [1.82, 2.24) is 14.8 Å². The van der Waals surface area contributed by atoms with E-state index in [-0.39, 0.29) is 18.0 Å². The molecule has 0 spiro atoms. The minimum absolute atomic E-state index is 0.203. The molecule has 2 N–H and O–H groups in total. The maximum atomic E-state index is 13.6. The molecule has 0 saturated heterocycles. The Morgan fingerprint density at radius 3 is 2.41 bits per heavy atom. The number of benzene rings is 1. The molecule has 3 heterocycles. The van der Waals surface area contributed by atoms with Gasteiger partial charge in [0, 0.05) is 22.4 Å². The highest BCUT2D eigenvalue weighted by molar-refractivity contribution is 8.00. The summed E-state index contributed by atoms with van der Waals surface area (Å²) >= 11 is 1.66. The van der Waals surface area contributed by atoms with Crippen LogP contribution < -0.4 is 5.32 Å². The first-order valence-corrected chi connectivity index (χ1v) is 13.5. The van der Waals surface area contributed by atoms with Gasteiger partial charge >= 0.3 is 0 Å². The van der Waals surface area contributed by atoms with Crippen LogP contribution in [0.3, 0.4) is 0 Å². The molecule has 1 atom stereocenters. The fourth-order valence-electron chi connectivity index (χ4n) is 6.42. The van der Waals surface area contributed by atoms with Crippen molar-refractivity contribution in [3.8, 4) is 0 Å². The number of thioether (sulfide) groups is 1. The second-order valence-electron chi connectivity index (χ2n) is 9.92. The van der Waals surface area contributed by atoms with E-state index in [4.69, 9.17) is 0 Å². The van der Waals surface area contributed by atoms with Crippen molar-refractivity contribution < 1.29 is 9.90 Å². The Morgan fingerprint density at radius 2 is 1.62 bits per heavy atom. The van der Waals surface area contributed by atoms with E-state index >= 15 is 0 Å². The molecule has 0 bridgehead atoms. The number of nitrogens with zero attached hydrogens (tertiary/aromatic N) is 2. The summed E-state index contributed by atoms with van der Waals surface area (Å²) in [6, 6.07) is 8.75. The zero-order valence-electron chi connectivity index (χ0n) is 18.7. The predicted octanol–water partition coefficient (Wildman–Crippen LogP) is 5.96. The van der Waals surface area contributed by atoms with E-state index in [9.17, 15) is 9.90 Å². The van der Waals surface area contributed by atoms with Crippen LogP contribution in [0.4, 0.5) is 0 Å². The lowest BCUT2D eigenvalue weighted by molar-refractivity contribution is -0.133. The highest BCUT2D eigenvalue weighted by Crippen LogP contribution is 2.51. The van der Waals surface area contributed by atoms with Gasteiger partial charge in [0.1, 0.15) is 11.7 Å². The lowest BCUT2D eigenvalue weighted by Crippen LogP contribution is -2.46. The van der Waals surface area contributed by atoms with Gasteiger partial charge in [0.25, 0.3) is 0 Å². The largest absolute Gasteiger partial charge is 0.493 e. The van der Waals surface area contributed by atoms with Crippen molar-refractivity contribution in [2.45, 2.75) is 93.7 Å². The molecule has 2 fully saturated rings. The van der Waals surface area contributed by atoms with Gasteiger partial charge in [-0.05, 0) is 31.7 Å².